The molecule has 4 aromatic rings. The molecule has 48 heavy (non-hydrogen) atoms. The monoisotopic (exact) mass is 722 g/mol. The first-order chi connectivity index (χ1) is 23.6. The van der Waals surface area contributed by atoms with Gasteiger partial charge in [-0.3, -0.25) is 0 Å². The van der Waals surface area contributed by atoms with Gasteiger partial charge in [-0.2, -0.15) is 0 Å². The Balaban J connectivity index is 1.31. The fourth-order valence-corrected chi connectivity index (χ4v) is 8.82. The molecule has 4 atom stereocenters. The van der Waals surface area contributed by atoms with Crippen LogP contribution in [0.4, 0.5) is 0 Å². The molecule has 4 aromatic carbocycles. The van der Waals surface area contributed by atoms with Crippen LogP contribution in [-0.2, 0) is 45.4 Å². The van der Waals surface area contributed by atoms with Crippen LogP contribution in [0, 0.1) is 5.92 Å². The van der Waals surface area contributed by atoms with Crippen LogP contribution in [0.15, 0.2) is 97.1 Å². The number of benzene rings is 4. The van der Waals surface area contributed by atoms with Crippen LogP contribution in [0.3, 0.4) is 0 Å². The summed E-state index contributed by atoms with van der Waals surface area (Å²) in [7, 11) is 6.70. The van der Waals surface area contributed by atoms with Crippen LogP contribution in [0.5, 0.6) is 23.0 Å². The Morgan fingerprint density at radius 3 is 1.42 bits per heavy atom. The number of hydrogen-bond acceptors (Lipinski definition) is 8. The predicted octanol–water partition coefficient (Wildman–Crippen LogP) is 7.17. The van der Waals surface area contributed by atoms with E-state index in [2.05, 4.69) is 12.1 Å². The normalized spacial score (nSPS) is 18.0. The molecule has 9 heteroatoms. The van der Waals surface area contributed by atoms with Crippen LogP contribution >= 0.6 is 0 Å². The zero-order valence-corrected chi connectivity index (χ0v) is 29.9. The summed E-state index contributed by atoms with van der Waals surface area (Å²) in [5.41, 5.74) is 4.36. The third kappa shape index (κ3) is 10.5. The second kappa shape index (κ2) is 18.8. The second-order valence-electron chi connectivity index (χ2n) is 11.6. The third-order valence-corrected chi connectivity index (χ3v) is 11.4. The standard InChI is InChI=1S/C39H46O8Se/c1-40-32-13-5-28(6-14-32)21-44-25-36(46-23-30-9-17-34(42-3)18-10-30)39-37(47-24-31-11-19-35(43-4)20-12-31)27-48-38(39)26-45-22-29-7-15-33(41-2)16-8-29/h5-20,36-39H,21-27H2,1-4H3. The van der Waals surface area contributed by atoms with Crippen LogP contribution in [0.2, 0.25) is 10.1 Å². The van der Waals surface area contributed by atoms with Gasteiger partial charge in [0.2, 0.25) is 0 Å². The SMILES string of the molecule is COc1ccc(COCC(OCc2ccc(OC)cc2)C2C(OCc3ccc(OC)cc3)C[Se]C2COCc2ccc(OC)cc2)cc1. The molecule has 1 aliphatic heterocycles. The van der Waals surface area contributed by atoms with Crippen molar-refractivity contribution in [2.45, 2.75) is 48.8 Å². The molecule has 0 saturated carbocycles. The van der Waals surface area contributed by atoms with Gasteiger partial charge in [-0.05, 0) is 0 Å². The van der Waals surface area contributed by atoms with E-state index in [9.17, 15) is 0 Å². The molecule has 0 bridgehead atoms. The Morgan fingerprint density at radius 1 is 0.542 bits per heavy atom. The van der Waals surface area contributed by atoms with Crippen molar-refractivity contribution < 1.29 is 37.9 Å². The number of rotatable bonds is 19. The topological polar surface area (TPSA) is 73.8 Å². The van der Waals surface area contributed by atoms with E-state index < -0.39 is 0 Å². The molecule has 1 heterocycles. The Labute approximate surface area is 290 Å². The molecule has 0 spiro atoms. The first-order valence-electron chi connectivity index (χ1n) is 16.1. The van der Waals surface area contributed by atoms with Crippen molar-refractivity contribution in [2.75, 3.05) is 41.7 Å². The minimum atomic E-state index is -0.204. The maximum atomic E-state index is 6.75. The molecule has 4 unspecified atom stereocenters. The van der Waals surface area contributed by atoms with Crippen molar-refractivity contribution in [3.05, 3.63) is 119 Å². The first-order valence-corrected chi connectivity index (χ1v) is 18.3. The van der Waals surface area contributed by atoms with Crippen molar-refractivity contribution in [1.29, 1.82) is 0 Å². The summed E-state index contributed by atoms with van der Waals surface area (Å²) in [6.45, 7) is 3.03. The summed E-state index contributed by atoms with van der Waals surface area (Å²) in [4.78, 5) is 0.294. The van der Waals surface area contributed by atoms with Gasteiger partial charge in [-0.1, -0.05) is 0 Å². The molecule has 256 valence electrons. The van der Waals surface area contributed by atoms with Crippen LogP contribution < -0.4 is 18.9 Å². The Hall–Kier alpha value is -3.56. The van der Waals surface area contributed by atoms with Crippen molar-refractivity contribution in [3.63, 3.8) is 0 Å². The van der Waals surface area contributed by atoms with Crippen molar-refractivity contribution in [3.8, 4) is 23.0 Å². The van der Waals surface area contributed by atoms with E-state index in [0.717, 1.165) is 50.6 Å². The van der Waals surface area contributed by atoms with Gasteiger partial charge in [0.1, 0.15) is 0 Å². The van der Waals surface area contributed by atoms with Gasteiger partial charge < -0.3 is 0 Å². The van der Waals surface area contributed by atoms with Crippen LogP contribution in [0.25, 0.3) is 0 Å². The molecule has 8 nitrogen and oxygen atoms in total. The molecular formula is C39H46O8Se. The second-order valence-corrected chi connectivity index (χ2v) is 14.2. The molecule has 0 radical (unpaired) electrons. The molecule has 0 aromatic heterocycles. The first kappa shape index (κ1) is 35.7. The maximum absolute atomic E-state index is 6.75. The average molecular weight is 722 g/mol. The summed E-state index contributed by atoms with van der Waals surface area (Å²) in [6.07, 6.45) is -0.197. The Bertz CT molecular complexity index is 1480. The van der Waals surface area contributed by atoms with Gasteiger partial charge in [-0.15, -0.1) is 0 Å². The average Bonchev–Trinajstić information content (AvgIpc) is 3.55. The zero-order valence-electron chi connectivity index (χ0n) is 28.2. The Kier molecular flexibility index (Phi) is 14.0. The Morgan fingerprint density at radius 2 is 0.958 bits per heavy atom. The summed E-state index contributed by atoms with van der Waals surface area (Å²) >= 11 is 0.298. The van der Waals surface area contributed by atoms with E-state index in [-0.39, 0.29) is 18.1 Å². The molecule has 0 aliphatic carbocycles. The van der Waals surface area contributed by atoms with E-state index in [1.807, 2.05) is 84.9 Å². The number of methoxy groups -OCH3 is 4. The van der Waals surface area contributed by atoms with Crippen LogP contribution in [-0.4, -0.2) is 68.8 Å². The van der Waals surface area contributed by atoms with E-state index in [1.54, 1.807) is 28.4 Å². The van der Waals surface area contributed by atoms with E-state index in [1.165, 1.54) is 0 Å². The van der Waals surface area contributed by atoms with Gasteiger partial charge in [0.15, 0.2) is 0 Å². The van der Waals surface area contributed by atoms with E-state index >= 15 is 0 Å². The summed E-state index contributed by atoms with van der Waals surface area (Å²) in [6, 6.07) is 32.0. The fourth-order valence-electron chi connectivity index (χ4n) is 5.63. The van der Waals surface area contributed by atoms with E-state index in [4.69, 9.17) is 37.9 Å². The summed E-state index contributed by atoms with van der Waals surface area (Å²) < 4.78 is 47.5. The van der Waals surface area contributed by atoms with Gasteiger partial charge in [0, 0.05) is 0 Å². The van der Waals surface area contributed by atoms with Crippen molar-refractivity contribution in [1.82, 2.24) is 0 Å². The molecule has 0 N–H and O–H groups in total. The summed E-state index contributed by atoms with van der Waals surface area (Å²) in [5.74, 6) is 3.39. The molecule has 5 rings (SSSR count). The van der Waals surface area contributed by atoms with Crippen molar-refractivity contribution >= 4 is 15.0 Å². The summed E-state index contributed by atoms with van der Waals surface area (Å²) in [5, 5.41) is 0.977. The predicted molar refractivity (Wildman–Crippen MR) is 186 cm³/mol. The molecule has 0 amide bonds. The fraction of sp³-hybridized carbons (Fsp3) is 0.385. The number of hydrogen-bond donors (Lipinski definition) is 0. The number of ether oxygens (including phenoxy) is 8. The zero-order chi connectivity index (χ0) is 33.6. The molecular weight excluding hydrogens is 675 g/mol. The minimum absolute atomic E-state index is 0.00661. The van der Waals surface area contributed by atoms with Gasteiger partial charge in [0.05, 0.1) is 0 Å². The molecule has 1 saturated heterocycles. The van der Waals surface area contributed by atoms with Gasteiger partial charge in [-0.25, -0.2) is 0 Å². The van der Waals surface area contributed by atoms with Gasteiger partial charge in [0.25, 0.3) is 0 Å². The molecule has 1 fully saturated rings. The van der Waals surface area contributed by atoms with E-state index in [0.29, 0.717) is 59.4 Å². The third-order valence-electron chi connectivity index (χ3n) is 8.43. The quantitative estimate of drug-likeness (QED) is 0.0945. The van der Waals surface area contributed by atoms with Crippen LogP contribution in [0.1, 0.15) is 22.3 Å². The van der Waals surface area contributed by atoms with Gasteiger partial charge >= 0.3 is 292 Å². The van der Waals surface area contributed by atoms with Crippen molar-refractivity contribution in [2.24, 2.45) is 5.92 Å². The molecule has 1 aliphatic rings.